The van der Waals surface area contributed by atoms with Gasteiger partial charge in [-0.15, -0.1) is 10.2 Å². The van der Waals surface area contributed by atoms with Crippen LogP contribution in [0.5, 0.6) is 0 Å². The summed E-state index contributed by atoms with van der Waals surface area (Å²) in [6.07, 6.45) is 3.80. The monoisotopic (exact) mass is 242 g/mol. The van der Waals surface area contributed by atoms with E-state index in [0.717, 1.165) is 19.3 Å². The number of aliphatic carboxylic acids is 1. The van der Waals surface area contributed by atoms with Gasteiger partial charge in [0.2, 0.25) is 11.8 Å². The minimum atomic E-state index is -0.768. The van der Waals surface area contributed by atoms with E-state index in [9.17, 15) is 4.79 Å². The lowest BCUT2D eigenvalue weighted by Crippen LogP contribution is -1.95. The van der Waals surface area contributed by atoms with Crippen LogP contribution in [0.25, 0.3) is 0 Å². The van der Waals surface area contributed by atoms with Gasteiger partial charge in [0.05, 0.1) is 0 Å². The molecule has 0 unspecified atom stereocenters. The molecular formula is C11H18N2O4. The molecule has 0 saturated heterocycles. The van der Waals surface area contributed by atoms with Crippen molar-refractivity contribution in [3.63, 3.8) is 0 Å². The number of ether oxygens (including phenoxy) is 1. The predicted molar refractivity (Wildman–Crippen MR) is 59.7 cm³/mol. The first kappa shape index (κ1) is 13.6. The molecule has 0 atom stereocenters. The largest absolute Gasteiger partial charge is 0.481 e. The van der Waals surface area contributed by atoms with Crippen molar-refractivity contribution in [2.24, 2.45) is 0 Å². The number of hydrogen-bond acceptors (Lipinski definition) is 5. The number of carboxylic acid groups (broad SMARTS) is 1. The van der Waals surface area contributed by atoms with Gasteiger partial charge >= 0.3 is 5.97 Å². The van der Waals surface area contributed by atoms with E-state index in [1.165, 1.54) is 0 Å². The van der Waals surface area contributed by atoms with Crippen LogP contribution in [0, 0.1) is 0 Å². The molecule has 0 aliphatic rings. The van der Waals surface area contributed by atoms with Crippen molar-refractivity contribution in [2.45, 2.75) is 38.5 Å². The molecule has 1 heterocycles. The zero-order valence-electron chi connectivity index (χ0n) is 10.0. The van der Waals surface area contributed by atoms with E-state index in [4.69, 9.17) is 14.3 Å². The SMILES string of the molecule is COCCCc1nnc(CCCCC(=O)O)o1. The highest BCUT2D eigenvalue weighted by Gasteiger charge is 2.06. The number of carboxylic acids is 1. The molecule has 1 aromatic heterocycles. The second kappa shape index (κ2) is 7.78. The van der Waals surface area contributed by atoms with E-state index in [0.29, 0.717) is 31.2 Å². The first-order valence-corrected chi connectivity index (χ1v) is 5.74. The van der Waals surface area contributed by atoms with Crippen LogP contribution in [0.2, 0.25) is 0 Å². The van der Waals surface area contributed by atoms with Crippen molar-refractivity contribution < 1.29 is 19.1 Å². The molecule has 96 valence electrons. The number of methoxy groups -OCH3 is 1. The van der Waals surface area contributed by atoms with Crippen LogP contribution in [-0.2, 0) is 22.4 Å². The standard InChI is InChI=1S/C11H18N2O4/c1-16-8-4-6-10-13-12-9(17-10)5-2-3-7-11(14)15/h2-8H2,1H3,(H,14,15). The van der Waals surface area contributed by atoms with Gasteiger partial charge in [0.1, 0.15) is 0 Å². The Morgan fingerprint density at radius 2 is 1.88 bits per heavy atom. The maximum Gasteiger partial charge on any atom is 0.303 e. The molecule has 6 heteroatoms. The van der Waals surface area contributed by atoms with E-state index in [-0.39, 0.29) is 6.42 Å². The lowest BCUT2D eigenvalue weighted by molar-refractivity contribution is -0.137. The van der Waals surface area contributed by atoms with E-state index in [2.05, 4.69) is 10.2 Å². The van der Waals surface area contributed by atoms with Gasteiger partial charge in [-0.3, -0.25) is 4.79 Å². The van der Waals surface area contributed by atoms with Crippen LogP contribution in [0.15, 0.2) is 4.42 Å². The van der Waals surface area contributed by atoms with Gasteiger partial charge in [0.15, 0.2) is 0 Å². The topological polar surface area (TPSA) is 85.5 Å². The van der Waals surface area contributed by atoms with Crippen molar-refractivity contribution in [1.82, 2.24) is 10.2 Å². The van der Waals surface area contributed by atoms with Crippen molar-refractivity contribution >= 4 is 5.97 Å². The fourth-order valence-electron chi connectivity index (χ4n) is 1.41. The highest BCUT2D eigenvalue weighted by atomic mass is 16.5. The molecule has 0 radical (unpaired) electrons. The average molecular weight is 242 g/mol. The first-order valence-electron chi connectivity index (χ1n) is 5.74. The molecule has 6 nitrogen and oxygen atoms in total. The number of aromatic nitrogens is 2. The van der Waals surface area contributed by atoms with E-state index < -0.39 is 5.97 Å². The third-order valence-corrected chi connectivity index (χ3v) is 2.28. The lowest BCUT2D eigenvalue weighted by atomic mass is 10.2. The molecule has 1 rings (SSSR count). The molecule has 0 aromatic carbocycles. The maximum atomic E-state index is 10.3. The van der Waals surface area contributed by atoms with Crippen LogP contribution in [0.3, 0.4) is 0 Å². The molecule has 0 aliphatic carbocycles. The van der Waals surface area contributed by atoms with Crippen LogP contribution in [-0.4, -0.2) is 35.0 Å². The second-order valence-electron chi connectivity index (χ2n) is 3.79. The third-order valence-electron chi connectivity index (χ3n) is 2.28. The molecular weight excluding hydrogens is 224 g/mol. The number of nitrogens with zero attached hydrogens (tertiary/aromatic N) is 2. The molecule has 0 fully saturated rings. The minimum Gasteiger partial charge on any atom is -0.481 e. The van der Waals surface area contributed by atoms with Gasteiger partial charge in [0, 0.05) is 33.0 Å². The summed E-state index contributed by atoms with van der Waals surface area (Å²) in [5, 5.41) is 16.3. The van der Waals surface area contributed by atoms with Gasteiger partial charge in [-0.25, -0.2) is 0 Å². The predicted octanol–water partition coefficient (Wildman–Crippen LogP) is 1.45. The Kier molecular flexibility index (Phi) is 6.24. The van der Waals surface area contributed by atoms with Gasteiger partial charge in [-0.05, 0) is 19.3 Å². The summed E-state index contributed by atoms with van der Waals surface area (Å²) in [6, 6.07) is 0. The highest BCUT2D eigenvalue weighted by molar-refractivity contribution is 5.66. The molecule has 17 heavy (non-hydrogen) atoms. The zero-order valence-corrected chi connectivity index (χ0v) is 10.0. The number of hydrogen-bond donors (Lipinski definition) is 1. The lowest BCUT2D eigenvalue weighted by Gasteiger charge is -1.95. The fraction of sp³-hybridized carbons (Fsp3) is 0.727. The second-order valence-corrected chi connectivity index (χ2v) is 3.79. The fourth-order valence-corrected chi connectivity index (χ4v) is 1.41. The van der Waals surface area contributed by atoms with Crippen LogP contribution in [0.1, 0.15) is 37.5 Å². The Balaban J connectivity index is 2.18. The number of rotatable bonds is 9. The summed E-state index contributed by atoms with van der Waals surface area (Å²) in [7, 11) is 1.65. The van der Waals surface area contributed by atoms with Gasteiger partial charge < -0.3 is 14.3 Å². The van der Waals surface area contributed by atoms with Crippen molar-refractivity contribution in [2.75, 3.05) is 13.7 Å². The number of carbonyl (C=O) groups is 1. The molecule has 0 spiro atoms. The zero-order chi connectivity index (χ0) is 12.5. The van der Waals surface area contributed by atoms with Crippen molar-refractivity contribution in [3.05, 3.63) is 11.8 Å². The summed E-state index contributed by atoms with van der Waals surface area (Å²) >= 11 is 0. The van der Waals surface area contributed by atoms with Gasteiger partial charge in [0.25, 0.3) is 0 Å². The van der Waals surface area contributed by atoms with Gasteiger partial charge in [-0.1, -0.05) is 0 Å². The quantitative estimate of drug-likeness (QED) is 0.659. The van der Waals surface area contributed by atoms with Crippen LogP contribution in [0.4, 0.5) is 0 Å². The van der Waals surface area contributed by atoms with E-state index in [1.54, 1.807) is 7.11 Å². The number of aryl methyl sites for hydroxylation is 2. The van der Waals surface area contributed by atoms with Crippen LogP contribution >= 0.6 is 0 Å². The van der Waals surface area contributed by atoms with Gasteiger partial charge in [-0.2, -0.15) is 0 Å². The smallest absolute Gasteiger partial charge is 0.303 e. The summed E-state index contributed by atoms with van der Waals surface area (Å²) in [4.78, 5) is 10.3. The molecule has 0 bridgehead atoms. The molecule has 1 N–H and O–H groups in total. The van der Waals surface area contributed by atoms with E-state index in [1.807, 2.05) is 0 Å². The van der Waals surface area contributed by atoms with Crippen molar-refractivity contribution in [3.8, 4) is 0 Å². The Bertz CT molecular complexity index is 338. The summed E-state index contributed by atoms with van der Waals surface area (Å²) in [5.74, 6) is 0.439. The van der Waals surface area contributed by atoms with E-state index >= 15 is 0 Å². The first-order chi connectivity index (χ1) is 8.22. The maximum absolute atomic E-state index is 10.3. The summed E-state index contributed by atoms with van der Waals surface area (Å²) in [5.41, 5.74) is 0. The normalized spacial score (nSPS) is 10.6. The summed E-state index contributed by atoms with van der Waals surface area (Å²) < 4.78 is 10.3. The van der Waals surface area contributed by atoms with Crippen LogP contribution < -0.4 is 0 Å². The summed E-state index contributed by atoms with van der Waals surface area (Å²) in [6.45, 7) is 0.677. The van der Waals surface area contributed by atoms with Crippen molar-refractivity contribution in [1.29, 1.82) is 0 Å². The average Bonchev–Trinajstić information content (AvgIpc) is 2.73. The Morgan fingerprint density at radius 1 is 1.24 bits per heavy atom. The molecule has 0 aliphatic heterocycles. The molecule has 1 aromatic rings. The third kappa shape index (κ3) is 6.01. The Labute approximate surface area is 100.0 Å². The number of unbranched alkanes of at least 4 members (excludes halogenated alkanes) is 1. The molecule has 0 saturated carbocycles. The Hall–Kier alpha value is -1.43. The highest BCUT2D eigenvalue weighted by Crippen LogP contribution is 2.07. The molecule has 0 amide bonds. The minimum absolute atomic E-state index is 0.189. The Morgan fingerprint density at radius 3 is 2.47 bits per heavy atom.